The van der Waals surface area contributed by atoms with Crippen LogP contribution in [0, 0.1) is 0 Å². The number of aromatic hydroxyl groups is 1. The van der Waals surface area contributed by atoms with E-state index in [-0.39, 0.29) is 6.07 Å². The standard InChI is InChI=1S/C8H3F8NO2/c9-5(10)2-1-3(18)6(19-8(14,15)16)17-4(2)7(11,12)13/h1,5,18H. The van der Waals surface area contributed by atoms with Crippen LogP contribution in [0.15, 0.2) is 6.07 Å². The van der Waals surface area contributed by atoms with Crippen LogP contribution in [-0.2, 0) is 6.18 Å². The van der Waals surface area contributed by atoms with Crippen molar-refractivity contribution in [3.8, 4) is 11.6 Å². The van der Waals surface area contributed by atoms with Gasteiger partial charge in [0.05, 0.1) is 5.56 Å². The van der Waals surface area contributed by atoms with Crippen molar-refractivity contribution in [2.75, 3.05) is 0 Å². The second-order valence-electron chi connectivity index (χ2n) is 3.10. The minimum atomic E-state index is -5.43. The van der Waals surface area contributed by atoms with E-state index in [0.717, 1.165) is 0 Å². The average molecular weight is 297 g/mol. The van der Waals surface area contributed by atoms with Crippen LogP contribution in [0.5, 0.6) is 11.6 Å². The maximum Gasteiger partial charge on any atom is 0.574 e. The summed E-state index contributed by atoms with van der Waals surface area (Å²) in [6, 6.07) is -0.179. The van der Waals surface area contributed by atoms with Crippen LogP contribution in [-0.4, -0.2) is 16.5 Å². The molecule has 19 heavy (non-hydrogen) atoms. The number of rotatable bonds is 2. The third-order valence-corrected chi connectivity index (χ3v) is 1.71. The summed E-state index contributed by atoms with van der Waals surface area (Å²) in [6.45, 7) is 0. The van der Waals surface area contributed by atoms with Gasteiger partial charge < -0.3 is 9.84 Å². The number of halogens is 8. The molecule has 1 aromatic heterocycles. The lowest BCUT2D eigenvalue weighted by Gasteiger charge is -2.15. The number of aromatic nitrogens is 1. The summed E-state index contributed by atoms with van der Waals surface area (Å²) in [5.74, 6) is -3.44. The largest absolute Gasteiger partial charge is 0.574 e. The SMILES string of the molecule is Oc1cc(C(F)F)c(C(F)(F)F)nc1OC(F)(F)F. The lowest BCUT2D eigenvalue weighted by molar-refractivity contribution is -0.277. The molecular weight excluding hydrogens is 294 g/mol. The van der Waals surface area contributed by atoms with Crippen molar-refractivity contribution in [2.24, 2.45) is 0 Å². The first kappa shape index (κ1) is 15.2. The zero-order chi connectivity index (χ0) is 15.0. The Morgan fingerprint density at radius 2 is 1.63 bits per heavy atom. The van der Waals surface area contributed by atoms with Crippen LogP contribution in [0.4, 0.5) is 35.1 Å². The molecule has 0 atom stereocenters. The van der Waals surface area contributed by atoms with Crippen LogP contribution in [0.3, 0.4) is 0 Å². The fourth-order valence-corrected chi connectivity index (χ4v) is 1.08. The fraction of sp³-hybridized carbons (Fsp3) is 0.375. The summed E-state index contributed by atoms with van der Waals surface area (Å²) in [5, 5.41) is 8.91. The summed E-state index contributed by atoms with van der Waals surface area (Å²) in [5.41, 5.74) is -4.01. The molecule has 0 saturated carbocycles. The van der Waals surface area contributed by atoms with E-state index in [4.69, 9.17) is 5.11 Å². The first-order valence-corrected chi connectivity index (χ1v) is 4.27. The van der Waals surface area contributed by atoms with Gasteiger partial charge in [-0.25, -0.2) is 13.8 Å². The maximum atomic E-state index is 12.3. The molecule has 0 aliphatic carbocycles. The van der Waals surface area contributed by atoms with E-state index in [0.29, 0.717) is 0 Å². The number of nitrogens with zero attached hydrogens (tertiary/aromatic N) is 1. The Hall–Kier alpha value is -1.81. The van der Waals surface area contributed by atoms with Crippen LogP contribution in [0.1, 0.15) is 17.7 Å². The van der Waals surface area contributed by atoms with Crippen molar-refractivity contribution in [3.63, 3.8) is 0 Å². The number of pyridine rings is 1. The minimum Gasteiger partial charge on any atom is -0.503 e. The van der Waals surface area contributed by atoms with Gasteiger partial charge in [-0.05, 0) is 6.07 Å². The number of hydrogen-bond donors (Lipinski definition) is 1. The summed E-state index contributed by atoms with van der Waals surface area (Å²) >= 11 is 0. The molecule has 1 N–H and O–H groups in total. The van der Waals surface area contributed by atoms with Crippen LogP contribution >= 0.6 is 0 Å². The summed E-state index contributed by atoms with van der Waals surface area (Å²) in [6.07, 6.45) is -14.5. The van der Waals surface area contributed by atoms with Gasteiger partial charge >= 0.3 is 12.5 Å². The monoisotopic (exact) mass is 297 g/mol. The molecule has 108 valence electrons. The second-order valence-corrected chi connectivity index (χ2v) is 3.10. The summed E-state index contributed by atoms with van der Waals surface area (Å²) in [4.78, 5) is 2.25. The Bertz CT molecular complexity index is 467. The Balaban J connectivity index is 3.39. The van der Waals surface area contributed by atoms with Crippen molar-refractivity contribution in [1.29, 1.82) is 0 Å². The third-order valence-electron chi connectivity index (χ3n) is 1.71. The smallest absolute Gasteiger partial charge is 0.503 e. The van der Waals surface area contributed by atoms with Gasteiger partial charge in [0.15, 0.2) is 11.4 Å². The van der Waals surface area contributed by atoms with Crippen LogP contribution in [0.2, 0.25) is 0 Å². The Morgan fingerprint density at radius 3 is 2.00 bits per heavy atom. The van der Waals surface area contributed by atoms with Crippen molar-refractivity contribution in [1.82, 2.24) is 4.98 Å². The molecule has 0 unspecified atom stereocenters. The van der Waals surface area contributed by atoms with Gasteiger partial charge in [-0.15, -0.1) is 13.2 Å². The van der Waals surface area contributed by atoms with E-state index < -0.39 is 41.9 Å². The highest BCUT2D eigenvalue weighted by Gasteiger charge is 2.41. The summed E-state index contributed by atoms with van der Waals surface area (Å²) in [7, 11) is 0. The minimum absolute atomic E-state index is 0.179. The van der Waals surface area contributed by atoms with Gasteiger partial charge in [0.25, 0.3) is 12.3 Å². The molecule has 0 bridgehead atoms. The molecule has 0 aliphatic rings. The van der Waals surface area contributed by atoms with E-state index in [1.54, 1.807) is 0 Å². The maximum absolute atomic E-state index is 12.3. The molecule has 0 aromatic carbocycles. The van der Waals surface area contributed by atoms with Gasteiger partial charge in [-0.1, -0.05) is 0 Å². The highest BCUT2D eigenvalue weighted by Crippen LogP contribution is 2.40. The Labute approximate surface area is 99.0 Å². The zero-order valence-electron chi connectivity index (χ0n) is 8.48. The normalized spacial score (nSPS) is 12.9. The quantitative estimate of drug-likeness (QED) is 0.847. The van der Waals surface area contributed by atoms with Crippen molar-refractivity contribution >= 4 is 0 Å². The highest BCUT2D eigenvalue weighted by molar-refractivity contribution is 5.40. The van der Waals surface area contributed by atoms with Gasteiger partial charge in [0.1, 0.15) is 0 Å². The van der Waals surface area contributed by atoms with E-state index in [1.165, 1.54) is 0 Å². The van der Waals surface area contributed by atoms with Gasteiger partial charge in [0, 0.05) is 0 Å². The van der Waals surface area contributed by atoms with Crippen molar-refractivity contribution < 1.29 is 45.0 Å². The third kappa shape index (κ3) is 3.83. The molecule has 1 aromatic rings. The van der Waals surface area contributed by atoms with Crippen molar-refractivity contribution in [3.05, 3.63) is 17.3 Å². The molecule has 11 heteroatoms. The molecule has 1 rings (SSSR count). The topological polar surface area (TPSA) is 42.4 Å². The average Bonchev–Trinajstić information content (AvgIpc) is 2.16. The zero-order valence-corrected chi connectivity index (χ0v) is 8.48. The molecule has 0 saturated heterocycles. The number of hydrogen-bond acceptors (Lipinski definition) is 3. The molecule has 0 amide bonds. The van der Waals surface area contributed by atoms with E-state index in [1.807, 2.05) is 0 Å². The lowest BCUT2D eigenvalue weighted by Crippen LogP contribution is -2.20. The molecule has 3 nitrogen and oxygen atoms in total. The van der Waals surface area contributed by atoms with E-state index in [9.17, 15) is 35.1 Å². The number of alkyl halides is 8. The van der Waals surface area contributed by atoms with Gasteiger partial charge in [0.2, 0.25) is 0 Å². The molecule has 0 fully saturated rings. The fourth-order valence-electron chi connectivity index (χ4n) is 1.08. The van der Waals surface area contributed by atoms with Crippen LogP contribution in [0.25, 0.3) is 0 Å². The Morgan fingerprint density at radius 1 is 1.11 bits per heavy atom. The Kier molecular flexibility index (Phi) is 3.77. The first-order chi connectivity index (χ1) is 8.42. The van der Waals surface area contributed by atoms with Gasteiger partial charge in [-0.3, -0.25) is 0 Å². The van der Waals surface area contributed by atoms with Gasteiger partial charge in [-0.2, -0.15) is 13.2 Å². The predicted molar refractivity (Wildman–Crippen MR) is 42.5 cm³/mol. The lowest BCUT2D eigenvalue weighted by atomic mass is 10.2. The molecule has 0 spiro atoms. The highest BCUT2D eigenvalue weighted by atomic mass is 19.4. The molecular formula is C8H3F8NO2. The predicted octanol–water partition coefficient (Wildman–Crippen LogP) is 3.64. The molecule has 0 aliphatic heterocycles. The van der Waals surface area contributed by atoms with Crippen molar-refractivity contribution in [2.45, 2.75) is 19.0 Å². The molecule has 0 radical (unpaired) electrons. The number of ether oxygens (including phenoxy) is 1. The summed E-state index contributed by atoms with van der Waals surface area (Å²) < 4.78 is 100. The molecule has 1 heterocycles. The van der Waals surface area contributed by atoms with E-state index >= 15 is 0 Å². The van der Waals surface area contributed by atoms with Crippen LogP contribution < -0.4 is 4.74 Å². The van der Waals surface area contributed by atoms with E-state index in [2.05, 4.69) is 9.72 Å². The second kappa shape index (κ2) is 4.70. The first-order valence-electron chi connectivity index (χ1n) is 4.27.